The van der Waals surface area contributed by atoms with Crippen LogP contribution in [0.15, 0.2) is 35.1 Å². The number of hydrogen-bond acceptors (Lipinski definition) is 7. The predicted octanol–water partition coefficient (Wildman–Crippen LogP) is 1.61. The zero-order chi connectivity index (χ0) is 19.3. The minimum absolute atomic E-state index is 0.630. The SMILES string of the molecule is CNC1=CC=NC(N)(c2ccc(OC)c(OCCCN(C)CC3CC3)c2)N1. The highest BCUT2D eigenvalue weighted by molar-refractivity contribution is 5.73. The van der Waals surface area contributed by atoms with Gasteiger partial charge in [-0.05, 0) is 56.5 Å². The molecule has 2 aliphatic rings. The van der Waals surface area contributed by atoms with Crippen molar-refractivity contribution >= 4 is 6.21 Å². The topological polar surface area (TPSA) is 84.1 Å². The molecule has 1 aromatic carbocycles. The number of aliphatic imine (C=N–C) groups is 1. The first-order valence-corrected chi connectivity index (χ1v) is 9.54. The monoisotopic (exact) mass is 373 g/mol. The Morgan fingerprint density at radius 3 is 2.89 bits per heavy atom. The average Bonchev–Trinajstić information content (AvgIpc) is 3.49. The summed E-state index contributed by atoms with van der Waals surface area (Å²) in [5.41, 5.74) is 7.27. The molecule has 0 saturated heterocycles. The Bertz CT molecular complexity index is 702. The molecule has 1 saturated carbocycles. The molecular weight excluding hydrogens is 342 g/mol. The van der Waals surface area contributed by atoms with Gasteiger partial charge in [-0.1, -0.05) is 0 Å². The van der Waals surface area contributed by atoms with Crippen LogP contribution in [0.2, 0.25) is 0 Å². The van der Waals surface area contributed by atoms with Crippen LogP contribution >= 0.6 is 0 Å². The predicted molar refractivity (Wildman–Crippen MR) is 108 cm³/mol. The molecular formula is C20H31N5O2. The second-order valence-electron chi connectivity index (χ2n) is 7.27. The van der Waals surface area contributed by atoms with Crippen LogP contribution in [0.5, 0.6) is 11.5 Å². The summed E-state index contributed by atoms with van der Waals surface area (Å²) >= 11 is 0. The van der Waals surface area contributed by atoms with Crippen molar-refractivity contribution in [2.75, 3.05) is 40.9 Å². The molecule has 0 bridgehead atoms. The van der Waals surface area contributed by atoms with Gasteiger partial charge in [0.15, 0.2) is 11.5 Å². The van der Waals surface area contributed by atoms with Gasteiger partial charge >= 0.3 is 0 Å². The van der Waals surface area contributed by atoms with Gasteiger partial charge in [0.1, 0.15) is 5.82 Å². The van der Waals surface area contributed by atoms with Gasteiger partial charge in [0.2, 0.25) is 5.79 Å². The van der Waals surface area contributed by atoms with Crippen LogP contribution in [0.25, 0.3) is 0 Å². The summed E-state index contributed by atoms with van der Waals surface area (Å²) in [5, 5.41) is 6.25. The third kappa shape index (κ3) is 5.14. The minimum atomic E-state index is -1.04. The van der Waals surface area contributed by atoms with Gasteiger partial charge in [0.05, 0.1) is 13.7 Å². The number of hydrogen-bond donors (Lipinski definition) is 3. The smallest absolute Gasteiger partial charge is 0.210 e. The van der Waals surface area contributed by atoms with Crippen molar-refractivity contribution in [2.45, 2.75) is 25.0 Å². The fourth-order valence-corrected chi connectivity index (χ4v) is 3.18. The zero-order valence-corrected chi connectivity index (χ0v) is 16.5. The Morgan fingerprint density at radius 2 is 2.19 bits per heavy atom. The third-order valence-electron chi connectivity index (χ3n) is 4.93. The molecule has 7 nitrogen and oxygen atoms in total. The van der Waals surface area contributed by atoms with Gasteiger partial charge in [-0.2, -0.15) is 0 Å². The second kappa shape index (κ2) is 8.63. The van der Waals surface area contributed by atoms with Gasteiger partial charge in [0.25, 0.3) is 0 Å². The van der Waals surface area contributed by atoms with E-state index in [4.69, 9.17) is 15.2 Å². The molecule has 7 heteroatoms. The quantitative estimate of drug-likeness (QED) is 0.541. The summed E-state index contributed by atoms with van der Waals surface area (Å²) < 4.78 is 11.5. The first-order chi connectivity index (χ1) is 13.0. The normalized spacial score (nSPS) is 21.6. The van der Waals surface area contributed by atoms with Gasteiger partial charge in [-0.25, -0.2) is 4.99 Å². The van der Waals surface area contributed by atoms with Gasteiger partial charge in [-0.3, -0.25) is 5.73 Å². The number of methoxy groups -OCH3 is 1. The van der Waals surface area contributed by atoms with E-state index >= 15 is 0 Å². The van der Waals surface area contributed by atoms with Crippen molar-refractivity contribution < 1.29 is 9.47 Å². The highest BCUT2D eigenvalue weighted by atomic mass is 16.5. The van der Waals surface area contributed by atoms with E-state index in [-0.39, 0.29) is 0 Å². The zero-order valence-electron chi connectivity index (χ0n) is 16.5. The first kappa shape index (κ1) is 19.5. The molecule has 0 amide bonds. The molecule has 1 atom stereocenters. The number of nitrogens with one attached hydrogen (secondary N) is 2. The van der Waals surface area contributed by atoms with Crippen LogP contribution in [0.4, 0.5) is 0 Å². The maximum absolute atomic E-state index is 6.46. The fraction of sp³-hybridized carbons (Fsp3) is 0.550. The lowest BCUT2D eigenvalue weighted by molar-refractivity contribution is 0.249. The Balaban J connectivity index is 1.61. The number of rotatable bonds is 10. The molecule has 0 spiro atoms. The molecule has 4 N–H and O–H groups in total. The van der Waals surface area contributed by atoms with Crippen molar-refractivity contribution in [3.63, 3.8) is 0 Å². The van der Waals surface area contributed by atoms with Crippen LogP contribution in [0.3, 0.4) is 0 Å². The summed E-state index contributed by atoms with van der Waals surface area (Å²) in [7, 11) is 5.65. The van der Waals surface area contributed by atoms with E-state index in [2.05, 4.69) is 27.6 Å². The molecule has 1 unspecified atom stereocenters. The van der Waals surface area contributed by atoms with Crippen molar-refractivity contribution in [3.8, 4) is 11.5 Å². The molecule has 1 aliphatic carbocycles. The minimum Gasteiger partial charge on any atom is -0.493 e. The lowest BCUT2D eigenvalue weighted by Crippen LogP contribution is -2.51. The van der Waals surface area contributed by atoms with Crippen LogP contribution in [-0.2, 0) is 5.79 Å². The van der Waals surface area contributed by atoms with Crippen molar-refractivity contribution in [2.24, 2.45) is 16.6 Å². The third-order valence-corrected chi connectivity index (χ3v) is 4.93. The Kier molecular flexibility index (Phi) is 6.23. The summed E-state index contributed by atoms with van der Waals surface area (Å²) in [6, 6.07) is 5.67. The Hall–Kier alpha value is -2.25. The first-order valence-electron chi connectivity index (χ1n) is 9.54. The Morgan fingerprint density at radius 1 is 1.37 bits per heavy atom. The van der Waals surface area contributed by atoms with E-state index < -0.39 is 5.79 Å². The number of nitrogens with two attached hydrogens (primary N) is 1. The fourth-order valence-electron chi connectivity index (χ4n) is 3.18. The number of benzene rings is 1. The van der Waals surface area contributed by atoms with Gasteiger partial charge < -0.3 is 25.0 Å². The van der Waals surface area contributed by atoms with Crippen molar-refractivity contribution in [1.29, 1.82) is 0 Å². The molecule has 1 aliphatic heterocycles. The molecule has 1 heterocycles. The van der Waals surface area contributed by atoms with Crippen LogP contribution in [0, 0.1) is 5.92 Å². The molecule has 148 valence electrons. The molecule has 3 rings (SSSR count). The maximum Gasteiger partial charge on any atom is 0.210 e. The molecule has 0 radical (unpaired) electrons. The van der Waals surface area contributed by atoms with Gasteiger partial charge in [0, 0.05) is 31.9 Å². The van der Waals surface area contributed by atoms with E-state index in [0.717, 1.165) is 30.3 Å². The van der Waals surface area contributed by atoms with Crippen LogP contribution in [-0.4, -0.2) is 52.0 Å². The molecule has 1 aromatic rings. The summed E-state index contributed by atoms with van der Waals surface area (Å²) in [5.74, 6) is 2.06. The lowest BCUT2D eigenvalue weighted by Gasteiger charge is -2.31. The van der Waals surface area contributed by atoms with Crippen LogP contribution in [0.1, 0.15) is 24.8 Å². The van der Waals surface area contributed by atoms with E-state index in [1.165, 1.54) is 19.4 Å². The second-order valence-corrected chi connectivity index (χ2v) is 7.27. The molecule has 0 aromatic heterocycles. The Labute approximate surface area is 161 Å². The van der Waals surface area contributed by atoms with E-state index in [9.17, 15) is 0 Å². The number of nitrogens with zero attached hydrogens (tertiary/aromatic N) is 2. The highest BCUT2D eigenvalue weighted by Gasteiger charge is 2.29. The van der Waals surface area contributed by atoms with Gasteiger partial charge in [-0.15, -0.1) is 0 Å². The largest absolute Gasteiger partial charge is 0.493 e. The molecule has 27 heavy (non-hydrogen) atoms. The number of ether oxygens (including phenoxy) is 2. The lowest BCUT2D eigenvalue weighted by atomic mass is 10.1. The van der Waals surface area contributed by atoms with Crippen molar-refractivity contribution in [1.82, 2.24) is 15.5 Å². The summed E-state index contributed by atoms with van der Waals surface area (Å²) in [6.07, 6.45) is 7.26. The average molecular weight is 374 g/mol. The van der Waals surface area contributed by atoms with Crippen LogP contribution < -0.4 is 25.8 Å². The molecule has 1 fully saturated rings. The summed E-state index contributed by atoms with van der Waals surface area (Å²) in [4.78, 5) is 6.79. The van der Waals surface area contributed by atoms with E-state index in [1.54, 1.807) is 13.3 Å². The van der Waals surface area contributed by atoms with E-state index in [1.807, 2.05) is 31.3 Å². The number of allylic oxidation sites excluding steroid dienone is 1. The highest BCUT2D eigenvalue weighted by Crippen LogP contribution is 2.32. The maximum atomic E-state index is 6.46. The summed E-state index contributed by atoms with van der Waals surface area (Å²) in [6.45, 7) is 2.85. The van der Waals surface area contributed by atoms with Crippen molar-refractivity contribution in [3.05, 3.63) is 35.7 Å². The van der Waals surface area contributed by atoms with E-state index in [0.29, 0.717) is 18.1 Å². The standard InChI is InChI=1S/C20H31N5O2/c1-22-19-9-10-23-20(21,24-19)16-7-8-17(26-3)18(13-16)27-12-4-11-25(2)14-15-5-6-15/h7-10,13,15,22,24H,4-6,11-12,14,21H2,1-3H3.